The molecule has 2 aromatic heterocycles. The van der Waals surface area contributed by atoms with Gasteiger partial charge in [0.25, 0.3) is 5.91 Å². The number of rotatable bonds is 8. The Morgan fingerprint density at radius 2 is 2.00 bits per heavy atom. The topological polar surface area (TPSA) is 84.7 Å². The summed E-state index contributed by atoms with van der Waals surface area (Å²) in [5.74, 6) is 1.15. The fraction of sp³-hybridized carbons (Fsp3) is 0.368. The Hall–Kier alpha value is -2.32. The molecule has 2 N–H and O–H groups in total. The lowest BCUT2D eigenvalue weighted by molar-refractivity contribution is 0.0952. The molecular formula is C19H23ClN6OS. The monoisotopic (exact) mass is 418 g/mol. The molecule has 3 rings (SSSR count). The maximum absolute atomic E-state index is 12.2. The van der Waals surface area contributed by atoms with E-state index in [1.165, 1.54) is 11.8 Å². The van der Waals surface area contributed by atoms with Gasteiger partial charge in [0.15, 0.2) is 10.8 Å². The first-order chi connectivity index (χ1) is 13.5. The van der Waals surface area contributed by atoms with E-state index < -0.39 is 0 Å². The maximum atomic E-state index is 12.2. The summed E-state index contributed by atoms with van der Waals surface area (Å²) in [6, 6.07) is 6.80. The van der Waals surface area contributed by atoms with E-state index in [1.54, 1.807) is 35.1 Å². The Kier molecular flexibility index (Phi) is 6.74. The van der Waals surface area contributed by atoms with E-state index in [2.05, 4.69) is 39.5 Å². The molecule has 9 heteroatoms. The van der Waals surface area contributed by atoms with Crippen molar-refractivity contribution in [3.63, 3.8) is 0 Å². The minimum absolute atomic E-state index is 0.146. The minimum Gasteiger partial charge on any atom is -0.369 e. The quantitative estimate of drug-likeness (QED) is 0.428. The average molecular weight is 419 g/mol. The van der Waals surface area contributed by atoms with Crippen LogP contribution in [0.4, 0.5) is 5.82 Å². The number of fused-ring (bicyclic) bond motifs is 1. The van der Waals surface area contributed by atoms with Crippen molar-refractivity contribution in [2.45, 2.75) is 25.5 Å². The maximum Gasteiger partial charge on any atom is 0.251 e. The van der Waals surface area contributed by atoms with Gasteiger partial charge in [-0.15, -0.1) is 0 Å². The lowest BCUT2D eigenvalue weighted by Crippen LogP contribution is -2.27. The summed E-state index contributed by atoms with van der Waals surface area (Å²) >= 11 is 7.35. The van der Waals surface area contributed by atoms with Crippen LogP contribution in [-0.2, 0) is 6.54 Å². The normalized spacial score (nSPS) is 11.2. The van der Waals surface area contributed by atoms with Crippen LogP contribution in [0.15, 0.2) is 35.6 Å². The molecule has 28 heavy (non-hydrogen) atoms. The lowest BCUT2D eigenvalue weighted by atomic mass is 10.2. The molecule has 0 saturated carbocycles. The van der Waals surface area contributed by atoms with Crippen molar-refractivity contribution in [2.75, 3.05) is 24.7 Å². The zero-order valence-electron chi connectivity index (χ0n) is 16.1. The van der Waals surface area contributed by atoms with Crippen LogP contribution in [-0.4, -0.2) is 45.0 Å². The Balaban J connectivity index is 1.71. The largest absolute Gasteiger partial charge is 0.369 e. The molecule has 0 bridgehead atoms. The smallest absolute Gasteiger partial charge is 0.251 e. The second-order valence-corrected chi connectivity index (χ2v) is 7.91. The van der Waals surface area contributed by atoms with Gasteiger partial charge in [-0.05, 0) is 36.4 Å². The fourth-order valence-corrected chi connectivity index (χ4v) is 3.09. The number of thioether (sulfide) groups is 1. The van der Waals surface area contributed by atoms with Crippen molar-refractivity contribution in [1.82, 2.24) is 25.1 Å². The zero-order chi connectivity index (χ0) is 20.1. The van der Waals surface area contributed by atoms with Crippen LogP contribution in [0, 0.1) is 5.92 Å². The number of nitrogens with zero attached hydrogens (tertiary/aromatic N) is 4. The molecule has 3 aromatic rings. The molecule has 0 fully saturated rings. The molecule has 0 saturated heterocycles. The second kappa shape index (κ2) is 9.25. The van der Waals surface area contributed by atoms with Crippen LogP contribution in [0.1, 0.15) is 24.2 Å². The number of halogens is 1. The van der Waals surface area contributed by atoms with Gasteiger partial charge in [-0.3, -0.25) is 4.79 Å². The van der Waals surface area contributed by atoms with Crippen molar-refractivity contribution in [3.8, 4) is 0 Å². The number of carbonyl (C=O) groups is 1. The third kappa shape index (κ3) is 4.94. The van der Waals surface area contributed by atoms with Crippen molar-refractivity contribution < 1.29 is 4.79 Å². The van der Waals surface area contributed by atoms with Gasteiger partial charge in [-0.1, -0.05) is 37.2 Å². The van der Waals surface area contributed by atoms with Gasteiger partial charge in [0, 0.05) is 23.7 Å². The van der Waals surface area contributed by atoms with Gasteiger partial charge in [-0.2, -0.15) is 5.10 Å². The molecule has 0 aliphatic rings. The fourth-order valence-electron chi connectivity index (χ4n) is 2.60. The molecule has 2 heterocycles. The van der Waals surface area contributed by atoms with Crippen LogP contribution in [0.5, 0.6) is 0 Å². The average Bonchev–Trinajstić information content (AvgIpc) is 3.09. The second-order valence-electron chi connectivity index (χ2n) is 6.70. The van der Waals surface area contributed by atoms with Crippen molar-refractivity contribution in [3.05, 3.63) is 41.0 Å². The number of hydrogen-bond donors (Lipinski definition) is 2. The van der Waals surface area contributed by atoms with E-state index in [-0.39, 0.29) is 5.91 Å². The van der Waals surface area contributed by atoms with Gasteiger partial charge in [0.05, 0.1) is 18.1 Å². The number of amides is 1. The minimum atomic E-state index is -0.146. The molecule has 0 aliphatic carbocycles. The molecule has 7 nitrogen and oxygen atoms in total. The number of nitrogens with one attached hydrogen (secondary N) is 2. The van der Waals surface area contributed by atoms with E-state index in [4.69, 9.17) is 11.6 Å². The first kappa shape index (κ1) is 20.4. The Bertz CT molecular complexity index is 957. The Morgan fingerprint density at radius 1 is 1.25 bits per heavy atom. The highest BCUT2D eigenvalue weighted by atomic mass is 35.5. The highest BCUT2D eigenvalue weighted by molar-refractivity contribution is 7.98. The molecule has 148 valence electrons. The molecule has 1 aromatic carbocycles. The van der Waals surface area contributed by atoms with E-state index in [9.17, 15) is 4.79 Å². The summed E-state index contributed by atoms with van der Waals surface area (Å²) in [5, 5.41) is 12.9. The highest BCUT2D eigenvalue weighted by Gasteiger charge is 2.13. The SMILES string of the molecule is CSc1nc(NCC(C)C)c2cnn(CCNC(=O)c3ccc(Cl)cc3)c2n1. The summed E-state index contributed by atoms with van der Waals surface area (Å²) in [4.78, 5) is 21.4. The van der Waals surface area contributed by atoms with E-state index in [0.717, 1.165) is 23.4 Å². The Labute approximate surface area is 173 Å². The van der Waals surface area contributed by atoms with Crippen LogP contribution in [0.3, 0.4) is 0 Å². The van der Waals surface area contributed by atoms with E-state index >= 15 is 0 Å². The molecule has 0 aliphatic heterocycles. The summed E-state index contributed by atoms with van der Waals surface area (Å²) in [6.07, 6.45) is 3.71. The predicted octanol–water partition coefficient (Wildman–Crippen LogP) is 3.70. The van der Waals surface area contributed by atoms with Gasteiger partial charge < -0.3 is 10.6 Å². The number of benzene rings is 1. The molecule has 0 spiro atoms. The molecule has 0 unspecified atom stereocenters. The van der Waals surface area contributed by atoms with Crippen LogP contribution in [0.25, 0.3) is 11.0 Å². The van der Waals surface area contributed by atoms with Crippen molar-refractivity contribution >= 4 is 46.1 Å². The lowest BCUT2D eigenvalue weighted by Gasteiger charge is -2.11. The third-order valence-corrected chi connectivity index (χ3v) is 4.85. The summed E-state index contributed by atoms with van der Waals surface area (Å²) in [6.45, 7) is 6.06. The number of carbonyl (C=O) groups excluding carboxylic acids is 1. The standard InChI is InChI=1S/C19H23ClN6OS/c1-12(2)10-22-16-15-11-23-26(17(15)25-19(24-16)28-3)9-8-21-18(27)13-4-6-14(20)7-5-13/h4-7,11-12H,8-10H2,1-3H3,(H,21,27)(H,22,24,25). The molecule has 0 radical (unpaired) electrons. The number of anilines is 1. The van der Waals surface area contributed by atoms with Crippen LogP contribution < -0.4 is 10.6 Å². The van der Waals surface area contributed by atoms with Crippen molar-refractivity contribution in [2.24, 2.45) is 5.92 Å². The highest BCUT2D eigenvalue weighted by Crippen LogP contribution is 2.23. The summed E-state index contributed by atoms with van der Waals surface area (Å²) in [5.41, 5.74) is 1.33. The molecule has 0 atom stereocenters. The predicted molar refractivity (Wildman–Crippen MR) is 114 cm³/mol. The molecule has 1 amide bonds. The van der Waals surface area contributed by atoms with Crippen molar-refractivity contribution in [1.29, 1.82) is 0 Å². The van der Waals surface area contributed by atoms with E-state index in [0.29, 0.717) is 34.7 Å². The van der Waals surface area contributed by atoms with Gasteiger partial charge in [0.1, 0.15) is 5.82 Å². The number of aromatic nitrogens is 4. The van der Waals surface area contributed by atoms with E-state index in [1.807, 2.05) is 6.26 Å². The van der Waals surface area contributed by atoms with Crippen LogP contribution in [0.2, 0.25) is 5.02 Å². The Morgan fingerprint density at radius 3 is 2.68 bits per heavy atom. The van der Waals surface area contributed by atoms with Gasteiger partial charge in [0.2, 0.25) is 0 Å². The third-order valence-electron chi connectivity index (χ3n) is 4.05. The van der Waals surface area contributed by atoms with Gasteiger partial charge >= 0.3 is 0 Å². The summed E-state index contributed by atoms with van der Waals surface area (Å²) in [7, 11) is 0. The number of hydrogen-bond acceptors (Lipinski definition) is 6. The zero-order valence-corrected chi connectivity index (χ0v) is 17.6. The first-order valence-electron chi connectivity index (χ1n) is 9.03. The molecular weight excluding hydrogens is 396 g/mol. The van der Waals surface area contributed by atoms with Gasteiger partial charge in [-0.25, -0.2) is 14.6 Å². The van der Waals surface area contributed by atoms with Crippen LogP contribution >= 0.6 is 23.4 Å². The first-order valence-corrected chi connectivity index (χ1v) is 10.6. The summed E-state index contributed by atoms with van der Waals surface area (Å²) < 4.78 is 1.79.